The van der Waals surface area contributed by atoms with Crippen LogP contribution in [0.15, 0.2) is 17.1 Å². The Balaban J connectivity index is 2.32. The second-order valence-electron chi connectivity index (χ2n) is 4.95. The molecule has 1 aliphatic rings. The lowest BCUT2D eigenvalue weighted by Gasteiger charge is -2.18. The van der Waals surface area contributed by atoms with E-state index < -0.39 is 0 Å². The maximum atomic E-state index is 11.8. The van der Waals surface area contributed by atoms with Gasteiger partial charge in [0, 0.05) is 17.8 Å². The third-order valence-electron chi connectivity index (χ3n) is 3.83. The van der Waals surface area contributed by atoms with Crippen LogP contribution in [0.5, 0.6) is 0 Å². The van der Waals surface area contributed by atoms with Crippen molar-refractivity contribution in [2.45, 2.75) is 46.4 Å². The van der Waals surface area contributed by atoms with Crippen molar-refractivity contribution in [1.82, 2.24) is 9.55 Å². The van der Waals surface area contributed by atoms with Crippen molar-refractivity contribution < 1.29 is 4.74 Å². The van der Waals surface area contributed by atoms with E-state index in [4.69, 9.17) is 4.74 Å². The molecule has 94 valence electrons. The molecule has 0 spiro atoms. The van der Waals surface area contributed by atoms with Gasteiger partial charge in [-0.3, -0.25) is 4.57 Å². The molecule has 1 aromatic heterocycles. The van der Waals surface area contributed by atoms with Crippen molar-refractivity contribution >= 4 is 0 Å². The van der Waals surface area contributed by atoms with Gasteiger partial charge in [0.25, 0.3) is 0 Å². The average molecular weight is 236 g/mol. The highest BCUT2D eigenvalue weighted by Crippen LogP contribution is 2.39. The number of aromatic nitrogens is 2. The van der Waals surface area contributed by atoms with E-state index >= 15 is 0 Å². The van der Waals surface area contributed by atoms with Gasteiger partial charge in [0.05, 0.1) is 6.10 Å². The van der Waals surface area contributed by atoms with Gasteiger partial charge in [0.1, 0.15) is 6.23 Å². The standard InChI is InChI=1S/C13H20N2O2/c1-5-11-9(3)10(4)12(17-11)15-7-6-8(2)14-13(15)16/h6-7,9-12H,5H2,1-4H3/t9-,10-,11+,12+/m0/s1. The molecule has 1 aromatic rings. The quantitative estimate of drug-likeness (QED) is 0.790. The fourth-order valence-corrected chi connectivity index (χ4v) is 2.50. The van der Waals surface area contributed by atoms with Gasteiger partial charge in [-0.1, -0.05) is 20.8 Å². The number of hydrogen-bond acceptors (Lipinski definition) is 3. The highest BCUT2D eigenvalue weighted by atomic mass is 16.5. The predicted octanol–water partition coefficient (Wildman–Crippen LogP) is 2.13. The molecule has 0 amide bonds. The van der Waals surface area contributed by atoms with Gasteiger partial charge in [0.2, 0.25) is 0 Å². The van der Waals surface area contributed by atoms with E-state index in [1.54, 1.807) is 10.8 Å². The minimum Gasteiger partial charge on any atom is -0.354 e. The molecule has 0 aliphatic carbocycles. The van der Waals surface area contributed by atoms with Crippen LogP contribution < -0.4 is 5.69 Å². The lowest BCUT2D eigenvalue weighted by molar-refractivity contribution is -0.0168. The summed E-state index contributed by atoms with van der Waals surface area (Å²) in [4.78, 5) is 15.8. The first-order valence-corrected chi connectivity index (χ1v) is 6.25. The second-order valence-corrected chi connectivity index (χ2v) is 4.95. The van der Waals surface area contributed by atoms with Crippen LogP contribution in [0.25, 0.3) is 0 Å². The molecule has 1 saturated heterocycles. The van der Waals surface area contributed by atoms with E-state index in [1.807, 2.05) is 13.0 Å². The van der Waals surface area contributed by atoms with Crippen LogP contribution >= 0.6 is 0 Å². The Morgan fingerprint density at radius 2 is 2.12 bits per heavy atom. The van der Waals surface area contributed by atoms with Crippen LogP contribution in [0.4, 0.5) is 0 Å². The van der Waals surface area contributed by atoms with E-state index in [-0.39, 0.29) is 18.0 Å². The van der Waals surface area contributed by atoms with E-state index in [2.05, 4.69) is 25.8 Å². The van der Waals surface area contributed by atoms with Crippen LogP contribution in [-0.2, 0) is 4.74 Å². The molecular weight excluding hydrogens is 216 g/mol. The summed E-state index contributed by atoms with van der Waals surface area (Å²) in [5.41, 5.74) is 0.530. The number of rotatable bonds is 2. The van der Waals surface area contributed by atoms with E-state index in [9.17, 15) is 4.79 Å². The lowest BCUT2D eigenvalue weighted by Crippen LogP contribution is -2.29. The molecule has 0 saturated carbocycles. The van der Waals surface area contributed by atoms with Crippen molar-refractivity contribution in [2.75, 3.05) is 0 Å². The predicted molar refractivity (Wildman–Crippen MR) is 65.8 cm³/mol. The van der Waals surface area contributed by atoms with Crippen molar-refractivity contribution in [1.29, 1.82) is 0 Å². The summed E-state index contributed by atoms with van der Waals surface area (Å²) >= 11 is 0. The zero-order valence-electron chi connectivity index (χ0n) is 10.9. The Hall–Kier alpha value is -1.16. The first-order chi connectivity index (χ1) is 8.04. The Kier molecular flexibility index (Phi) is 3.33. The third kappa shape index (κ3) is 2.14. The van der Waals surface area contributed by atoms with E-state index in [0.29, 0.717) is 11.8 Å². The van der Waals surface area contributed by atoms with Gasteiger partial charge in [-0.25, -0.2) is 4.79 Å². The Bertz CT molecular complexity index is 455. The molecule has 4 heteroatoms. The van der Waals surface area contributed by atoms with Crippen molar-refractivity contribution in [3.05, 3.63) is 28.4 Å². The third-order valence-corrected chi connectivity index (χ3v) is 3.83. The number of ether oxygens (including phenoxy) is 1. The largest absolute Gasteiger partial charge is 0.354 e. The van der Waals surface area contributed by atoms with E-state index in [1.165, 1.54) is 0 Å². The summed E-state index contributed by atoms with van der Waals surface area (Å²) in [6.45, 7) is 8.26. The molecule has 4 atom stereocenters. The first-order valence-electron chi connectivity index (χ1n) is 6.25. The Labute approximate surface area is 102 Å². The molecular formula is C13H20N2O2. The van der Waals surface area contributed by atoms with Gasteiger partial charge < -0.3 is 4.74 Å². The second kappa shape index (κ2) is 4.61. The van der Waals surface area contributed by atoms with Gasteiger partial charge >= 0.3 is 5.69 Å². The molecule has 0 N–H and O–H groups in total. The summed E-state index contributed by atoms with van der Waals surface area (Å²) in [5.74, 6) is 0.806. The maximum Gasteiger partial charge on any atom is 0.349 e. The van der Waals surface area contributed by atoms with Gasteiger partial charge in [-0.05, 0) is 25.3 Å². The fourth-order valence-electron chi connectivity index (χ4n) is 2.50. The normalized spacial score (nSPS) is 32.9. The number of nitrogens with zero attached hydrogens (tertiary/aromatic N) is 2. The fraction of sp³-hybridized carbons (Fsp3) is 0.692. The number of aryl methyl sites for hydroxylation is 1. The first kappa shape index (κ1) is 12.3. The average Bonchev–Trinajstić information content (AvgIpc) is 2.57. The molecule has 0 unspecified atom stereocenters. The van der Waals surface area contributed by atoms with Gasteiger partial charge in [0.15, 0.2) is 0 Å². The summed E-state index contributed by atoms with van der Waals surface area (Å²) in [6, 6.07) is 1.85. The summed E-state index contributed by atoms with van der Waals surface area (Å²) in [6.07, 6.45) is 2.84. The topological polar surface area (TPSA) is 44.1 Å². The van der Waals surface area contributed by atoms with Crippen LogP contribution in [0.3, 0.4) is 0 Å². The lowest BCUT2D eigenvalue weighted by atomic mass is 9.91. The van der Waals surface area contributed by atoms with Crippen molar-refractivity contribution in [3.63, 3.8) is 0 Å². The van der Waals surface area contributed by atoms with Crippen LogP contribution in [-0.4, -0.2) is 15.7 Å². The maximum absolute atomic E-state index is 11.8. The van der Waals surface area contributed by atoms with Gasteiger partial charge in [-0.2, -0.15) is 4.98 Å². The molecule has 4 nitrogen and oxygen atoms in total. The molecule has 1 fully saturated rings. The Morgan fingerprint density at radius 3 is 2.65 bits per heavy atom. The minimum atomic E-state index is -0.217. The molecule has 0 bridgehead atoms. The van der Waals surface area contributed by atoms with Crippen molar-refractivity contribution in [3.8, 4) is 0 Å². The highest BCUT2D eigenvalue weighted by Gasteiger charge is 2.39. The summed E-state index contributed by atoms with van der Waals surface area (Å²) in [5, 5.41) is 0. The molecule has 0 radical (unpaired) electrons. The van der Waals surface area contributed by atoms with Crippen molar-refractivity contribution in [2.24, 2.45) is 11.8 Å². The van der Waals surface area contributed by atoms with Crippen LogP contribution in [0.1, 0.15) is 39.1 Å². The van der Waals surface area contributed by atoms with E-state index in [0.717, 1.165) is 12.1 Å². The monoisotopic (exact) mass is 236 g/mol. The molecule has 0 aromatic carbocycles. The van der Waals surface area contributed by atoms with Crippen LogP contribution in [0, 0.1) is 18.8 Å². The Morgan fingerprint density at radius 1 is 1.41 bits per heavy atom. The summed E-state index contributed by atoms with van der Waals surface area (Å²) < 4.78 is 7.58. The smallest absolute Gasteiger partial charge is 0.349 e. The number of hydrogen-bond donors (Lipinski definition) is 0. The van der Waals surface area contributed by atoms with Gasteiger partial charge in [-0.15, -0.1) is 0 Å². The molecule has 1 aliphatic heterocycles. The molecule has 2 rings (SSSR count). The molecule has 2 heterocycles. The highest BCUT2D eigenvalue weighted by molar-refractivity contribution is 4.97. The summed E-state index contributed by atoms with van der Waals surface area (Å²) in [7, 11) is 0. The zero-order chi connectivity index (χ0) is 12.6. The minimum absolute atomic E-state index is 0.171. The zero-order valence-corrected chi connectivity index (χ0v) is 10.9. The van der Waals surface area contributed by atoms with Crippen LogP contribution in [0.2, 0.25) is 0 Å². The SMILES string of the molecule is CC[C@H]1O[C@@H](n2ccc(C)nc2=O)[C@@H](C)[C@@H]1C. The molecule has 17 heavy (non-hydrogen) atoms.